The van der Waals surface area contributed by atoms with Crippen LogP contribution in [0.15, 0.2) is 40.9 Å². The second-order valence-corrected chi connectivity index (χ2v) is 5.94. The molecule has 0 aliphatic heterocycles. The van der Waals surface area contributed by atoms with Gasteiger partial charge in [-0.05, 0) is 46.3 Å². The molecule has 21 heavy (non-hydrogen) atoms. The van der Waals surface area contributed by atoms with E-state index in [9.17, 15) is 5.26 Å². The highest BCUT2D eigenvalue weighted by molar-refractivity contribution is 9.10. The highest BCUT2D eigenvalue weighted by Gasteiger charge is 2.16. The number of rotatable bonds is 2. The molecule has 0 unspecified atom stereocenters. The van der Waals surface area contributed by atoms with Crippen LogP contribution in [0.25, 0.3) is 16.7 Å². The first-order valence-corrected chi connectivity index (χ1v) is 7.78. The summed E-state index contributed by atoms with van der Waals surface area (Å²) in [6.45, 7) is 0. The highest BCUT2D eigenvalue weighted by atomic mass is 79.9. The summed E-state index contributed by atoms with van der Waals surface area (Å²) in [4.78, 5) is 4.49. The lowest BCUT2D eigenvalue weighted by molar-refractivity contribution is 0.977. The van der Waals surface area contributed by atoms with Crippen LogP contribution in [0.3, 0.4) is 0 Å². The van der Waals surface area contributed by atoms with E-state index in [1.165, 1.54) is 0 Å². The van der Waals surface area contributed by atoms with Crippen LogP contribution in [0.5, 0.6) is 0 Å². The van der Waals surface area contributed by atoms with Gasteiger partial charge < -0.3 is 0 Å². The van der Waals surface area contributed by atoms with Crippen molar-refractivity contribution in [3.8, 4) is 11.8 Å². The van der Waals surface area contributed by atoms with Gasteiger partial charge in [-0.3, -0.25) is 4.57 Å². The molecule has 0 spiro atoms. The Morgan fingerprint density at radius 1 is 1.29 bits per heavy atom. The summed E-state index contributed by atoms with van der Waals surface area (Å²) in [5.74, 6) is 0.899. The van der Waals surface area contributed by atoms with E-state index in [1.807, 2.05) is 28.8 Å². The molecule has 0 fully saturated rings. The quantitative estimate of drug-likeness (QED) is 0.583. The number of hydrogen-bond acceptors (Lipinski definition) is 2. The number of para-hydroxylation sites is 1. The summed E-state index contributed by atoms with van der Waals surface area (Å²) >= 11 is 15.6. The molecule has 3 aromatic rings. The zero-order valence-corrected chi connectivity index (χ0v) is 13.7. The lowest BCUT2D eigenvalue weighted by atomic mass is 10.2. The van der Waals surface area contributed by atoms with Crippen molar-refractivity contribution in [1.29, 1.82) is 5.26 Å². The van der Waals surface area contributed by atoms with Crippen LogP contribution in [0.2, 0.25) is 5.02 Å². The molecular weight excluding hydrogens is 373 g/mol. The number of alkyl halides is 1. The van der Waals surface area contributed by atoms with Crippen molar-refractivity contribution >= 4 is 50.2 Å². The zero-order valence-electron chi connectivity index (χ0n) is 10.6. The fourth-order valence-electron chi connectivity index (χ4n) is 2.25. The standard InChI is InChI=1S/C15H8BrCl2N3/c16-11-5-4-10(18)6-13(11)21-12-3-1-2-9(8-19)15(12)20-14(21)7-17/h1-6H,7H2. The van der Waals surface area contributed by atoms with Crippen LogP contribution in [-0.2, 0) is 5.88 Å². The minimum atomic E-state index is 0.235. The van der Waals surface area contributed by atoms with Crippen molar-refractivity contribution in [2.75, 3.05) is 0 Å². The molecule has 0 saturated heterocycles. The van der Waals surface area contributed by atoms with Crippen LogP contribution < -0.4 is 0 Å². The molecule has 6 heteroatoms. The molecule has 0 radical (unpaired) electrons. The average molecular weight is 381 g/mol. The third-order valence-electron chi connectivity index (χ3n) is 3.14. The summed E-state index contributed by atoms with van der Waals surface area (Å²) in [6, 6.07) is 13.1. The normalized spacial score (nSPS) is 10.8. The van der Waals surface area contributed by atoms with Gasteiger partial charge in [0.2, 0.25) is 0 Å². The molecule has 1 heterocycles. The summed E-state index contributed by atoms with van der Waals surface area (Å²) in [5.41, 5.74) is 2.83. The smallest absolute Gasteiger partial charge is 0.129 e. The SMILES string of the molecule is N#Cc1cccc2c1nc(CCl)n2-c1cc(Cl)ccc1Br. The second kappa shape index (κ2) is 5.69. The Balaban J connectivity index is 2.42. The lowest BCUT2D eigenvalue weighted by Gasteiger charge is -2.10. The van der Waals surface area contributed by atoms with Gasteiger partial charge in [-0.2, -0.15) is 5.26 Å². The summed E-state index contributed by atoms with van der Waals surface area (Å²) in [7, 11) is 0. The van der Waals surface area contributed by atoms with E-state index in [-0.39, 0.29) is 5.88 Å². The molecule has 2 aromatic carbocycles. The van der Waals surface area contributed by atoms with Crippen molar-refractivity contribution in [1.82, 2.24) is 9.55 Å². The first-order chi connectivity index (χ1) is 10.2. The summed E-state index contributed by atoms with van der Waals surface area (Å²) in [6.07, 6.45) is 0. The molecule has 104 valence electrons. The van der Waals surface area contributed by atoms with Crippen LogP contribution in [0.1, 0.15) is 11.4 Å². The number of halogens is 3. The maximum atomic E-state index is 9.22. The maximum Gasteiger partial charge on any atom is 0.129 e. The number of benzene rings is 2. The van der Waals surface area contributed by atoms with E-state index in [4.69, 9.17) is 23.2 Å². The molecule has 0 bridgehead atoms. The van der Waals surface area contributed by atoms with Gasteiger partial charge in [0.05, 0.1) is 22.6 Å². The molecule has 0 amide bonds. The van der Waals surface area contributed by atoms with E-state index in [1.54, 1.807) is 12.1 Å². The summed E-state index contributed by atoms with van der Waals surface area (Å²) in [5, 5.41) is 9.83. The predicted octanol–water partition coefficient (Wildman–Crippen LogP) is 5.05. The Kier molecular flexibility index (Phi) is 3.90. The van der Waals surface area contributed by atoms with E-state index in [0.717, 1.165) is 15.7 Å². The molecule has 0 N–H and O–H groups in total. The average Bonchev–Trinajstić information content (AvgIpc) is 2.88. The first kappa shape index (κ1) is 14.4. The summed E-state index contributed by atoms with van der Waals surface area (Å²) < 4.78 is 2.79. The number of nitrogens with zero attached hydrogens (tertiary/aromatic N) is 3. The van der Waals surface area contributed by atoms with Crippen molar-refractivity contribution in [2.24, 2.45) is 0 Å². The van der Waals surface area contributed by atoms with Gasteiger partial charge >= 0.3 is 0 Å². The van der Waals surface area contributed by atoms with E-state index in [0.29, 0.717) is 21.9 Å². The molecular formula is C15H8BrCl2N3. The van der Waals surface area contributed by atoms with Crippen molar-refractivity contribution < 1.29 is 0 Å². The monoisotopic (exact) mass is 379 g/mol. The third kappa shape index (κ3) is 2.42. The fraction of sp³-hybridized carbons (Fsp3) is 0.0667. The van der Waals surface area contributed by atoms with Gasteiger partial charge in [-0.1, -0.05) is 17.7 Å². The topological polar surface area (TPSA) is 41.6 Å². The van der Waals surface area contributed by atoms with Crippen molar-refractivity contribution in [2.45, 2.75) is 5.88 Å². The molecule has 0 atom stereocenters. The Bertz CT molecular complexity index is 880. The number of aromatic nitrogens is 2. The molecule has 0 aliphatic rings. The second-order valence-electron chi connectivity index (χ2n) is 4.38. The van der Waals surface area contributed by atoms with Crippen molar-refractivity contribution in [3.05, 3.63) is 57.3 Å². The fourth-order valence-corrected chi connectivity index (χ4v) is 3.02. The van der Waals surface area contributed by atoms with Gasteiger partial charge in [-0.25, -0.2) is 4.98 Å². The largest absolute Gasteiger partial charge is 0.294 e. The third-order valence-corrected chi connectivity index (χ3v) is 4.29. The Hall–Kier alpha value is -1.54. The Morgan fingerprint density at radius 2 is 2.10 bits per heavy atom. The first-order valence-electron chi connectivity index (χ1n) is 6.07. The van der Waals surface area contributed by atoms with E-state index < -0.39 is 0 Å². The highest BCUT2D eigenvalue weighted by Crippen LogP contribution is 2.31. The van der Waals surface area contributed by atoms with E-state index in [2.05, 4.69) is 27.0 Å². The van der Waals surface area contributed by atoms with Gasteiger partial charge in [0.1, 0.15) is 17.4 Å². The Labute approximate surface area is 139 Å². The van der Waals surface area contributed by atoms with Gasteiger partial charge in [0, 0.05) is 9.50 Å². The van der Waals surface area contributed by atoms with Crippen LogP contribution in [-0.4, -0.2) is 9.55 Å². The van der Waals surface area contributed by atoms with Gasteiger partial charge in [0.15, 0.2) is 0 Å². The zero-order chi connectivity index (χ0) is 15.0. The minimum absolute atomic E-state index is 0.235. The molecule has 1 aromatic heterocycles. The van der Waals surface area contributed by atoms with Gasteiger partial charge in [-0.15, -0.1) is 11.6 Å². The minimum Gasteiger partial charge on any atom is -0.294 e. The van der Waals surface area contributed by atoms with Gasteiger partial charge in [0.25, 0.3) is 0 Å². The molecule has 0 aliphatic carbocycles. The maximum absolute atomic E-state index is 9.22. The number of nitriles is 1. The van der Waals surface area contributed by atoms with Crippen LogP contribution in [0, 0.1) is 11.3 Å². The van der Waals surface area contributed by atoms with Crippen LogP contribution in [0.4, 0.5) is 0 Å². The van der Waals surface area contributed by atoms with E-state index >= 15 is 0 Å². The predicted molar refractivity (Wildman–Crippen MR) is 88.1 cm³/mol. The van der Waals surface area contributed by atoms with Crippen LogP contribution >= 0.6 is 39.1 Å². The lowest BCUT2D eigenvalue weighted by Crippen LogP contribution is -2.00. The molecule has 0 saturated carbocycles. The Morgan fingerprint density at radius 3 is 2.81 bits per heavy atom. The number of imidazole rings is 1. The number of hydrogen-bond donors (Lipinski definition) is 0. The number of fused-ring (bicyclic) bond motifs is 1. The molecule has 3 nitrogen and oxygen atoms in total. The molecule has 3 rings (SSSR count). The van der Waals surface area contributed by atoms with Crippen molar-refractivity contribution in [3.63, 3.8) is 0 Å².